The van der Waals surface area contributed by atoms with Gasteiger partial charge in [-0.1, -0.05) is 35.0 Å². The van der Waals surface area contributed by atoms with Crippen LogP contribution in [0.3, 0.4) is 0 Å². The number of rotatable bonds is 11. The van der Waals surface area contributed by atoms with E-state index in [1.54, 1.807) is 26.0 Å². The van der Waals surface area contributed by atoms with E-state index < -0.39 is 0 Å². The number of ether oxygens (including phenoxy) is 2. The quantitative estimate of drug-likeness (QED) is 0.358. The Hall–Kier alpha value is -2.75. The molecule has 36 heavy (non-hydrogen) atoms. The summed E-state index contributed by atoms with van der Waals surface area (Å²) in [5.41, 5.74) is 1.92. The molecule has 0 unspecified atom stereocenters. The molecule has 2 heterocycles. The largest absolute Gasteiger partial charge is 0.493 e. The summed E-state index contributed by atoms with van der Waals surface area (Å²) in [6, 6.07) is 13.4. The van der Waals surface area contributed by atoms with Crippen LogP contribution in [-0.2, 0) is 17.1 Å². The van der Waals surface area contributed by atoms with Crippen molar-refractivity contribution in [3.8, 4) is 22.9 Å². The van der Waals surface area contributed by atoms with Crippen molar-refractivity contribution in [2.45, 2.75) is 25.1 Å². The van der Waals surface area contributed by atoms with Crippen LogP contribution >= 0.6 is 23.4 Å². The van der Waals surface area contributed by atoms with Gasteiger partial charge in [0.1, 0.15) is 0 Å². The molecule has 0 radical (unpaired) electrons. The Morgan fingerprint density at radius 2 is 1.94 bits per heavy atom. The maximum absolute atomic E-state index is 12.6. The number of hydrogen-bond acceptors (Lipinski definition) is 8. The number of likely N-dealkylation sites (tertiary alicyclic amines) is 1. The van der Waals surface area contributed by atoms with E-state index in [1.165, 1.54) is 0 Å². The van der Waals surface area contributed by atoms with Gasteiger partial charge in [-0.05, 0) is 55.8 Å². The molecule has 0 bridgehead atoms. The number of carbonyl (C=O) groups excluding carboxylic acids is 1. The second-order valence-corrected chi connectivity index (χ2v) is 10.1. The van der Waals surface area contributed by atoms with Crippen molar-refractivity contribution >= 4 is 29.3 Å². The third-order valence-corrected chi connectivity index (χ3v) is 7.56. The van der Waals surface area contributed by atoms with Crippen LogP contribution in [0, 0.1) is 5.92 Å². The molecule has 0 spiro atoms. The average molecular weight is 531 g/mol. The molecule has 1 fully saturated rings. The first-order chi connectivity index (χ1) is 17.6. The van der Waals surface area contributed by atoms with E-state index in [1.807, 2.05) is 42.5 Å². The molecule has 1 aromatic heterocycles. The summed E-state index contributed by atoms with van der Waals surface area (Å²) in [5, 5.41) is 7.99. The fourth-order valence-corrected chi connectivity index (χ4v) is 5.29. The topological polar surface area (TPSA) is 89.7 Å². The standard InChI is InChI=1S/C26H31ClN4O4S/c1-33-22-8-7-19(15-23(22)34-2)25-29-24(35-30-25)16-31-12-9-18(10-13-31)26(32)28-11-14-36-17-20-5-3-4-6-21(20)27/h3-8,15,18H,9-14,16-17H2,1-2H3,(H,28,32). The van der Waals surface area contributed by atoms with E-state index in [9.17, 15) is 4.79 Å². The monoisotopic (exact) mass is 530 g/mol. The maximum Gasteiger partial charge on any atom is 0.241 e. The lowest BCUT2D eigenvalue weighted by Crippen LogP contribution is -2.40. The summed E-state index contributed by atoms with van der Waals surface area (Å²) >= 11 is 7.96. The zero-order chi connectivity index (χ0) is 25.3. The van der Waals surface area contributed by atoms with Crippen LogP contribution in [0.15, 0.2) is 47.0 Å². The number of carbonyl (C=O) groups is 1. The van der Waals surface area contributed by atoms with Gasteiger partial charge >= 0.3 is 0 Å². The zero-order valence-electron chi connectivity index (χ0n) is 20.5. The summed E-state index contributed by atoms with van der Waals surface area (Å²) in [4.78, 5) is 19.4. The molecule has 8 nitrogen and oxygen atoms in total. The number of benzene rings is 2. The summed E-state index contributed by atoms with van der Waals surface area (Å²) in [6.45, 7) is 2.85. The lowest BCUT2D eigenvalue weighted by Gasteiger charge is -2.30. The number of amides is 1. The molecule has 0 saturated carbocycles. The van der Waals surface area contributed by atoms with E-state index in [2.05, 4.69) is 20.4 Å². The van der Waals surface area contributed by atoms with Gasteiger partial charge in [-0.3, -0.25) is 9.69 Å². The molecule has 1 aliphatic heterocycles. The van der Waals surface area contributed by atoms with Gasteiger partial charge < -0.3 is 19.3 Å². The van der Waals surface area contributed by atoms with Crippen molar-refractivity contribution in [2.24, 2.45) is 5.92 Å². The van der Waals surface area contributed by atoms with Crippen molar-refractivity contribution < 1.29 is 18.8 Å². The zero-order valence-corrected chi connectivity index (χ0v) is 22.1. The molecule has 2 aromatic carbocycles. The van der Waals surface area contributed by atoms with E-state index in [0.29, 0.717) is 36.3 Å². The number of halogens is 1. The lowest BCUT2D eigenvalue weighted by molar-refractivity contribution is -0.126. The number of thioether (sulfide) groups is 1. The van der Waals surface area contributed by atoms with Crippen LogP contribution in [0.2, 0.25) is 5.02 Å². The molecule has 10 heteroatoms. The highest BCUT2D eigenvalue weighted by atomic mass is 35.5. The van der Waals surface area contributed by atoms with Crippen molar-refractivity contribution in [1.82, 2.24) is 20.4 Å². The summed E-state index contributed by atoms with van der Waals surface area (Å²) in [7, 11) is 3.19. The minimum absolute atomic E-state index is 0.0415. The van der Waals surface area contributed by atoms with Crippen LogP contribution in [-0.4, -0.2) is 60.6 Å². The molecular weight excluding hydrogens is 500 g/mol. The average Bonchev–Trinajstić information content (AvgIpc) is 3.37. The summed E-state index contributed by atoms with van der Waals surface area (Å²) in [5.74, 6) is 4.20. The van der Waals surface area contributed by atoms with Gasteiger partial charge in [0.2, 0.25) is 17.6 Å². The fraction of sp³-hybridized carbons (Fsp3) is 0.423. The Morgan fingerprint density at radius 3 is 2.69 bits per heavy atom. The minimum Gasteiger partial charge on any atom is -0.493 e. The number of piperidine rings is 1. The highest BCUT2D eigenvalue weighted by Gasteiger charge is 2.26. The fourth-order valence-electron chi connectivity index (χ4n) is 4.14. The van der Waals surface area contributed by atoms with Crippen molar-refractivity contribution in [3.63, 3.8) is 0 Å². The summed E-state index contributed by atoms with van der Waals surface area (Å²) < 4.78 is 16.1. The third kappa shape index (κ3) is 6.93. The predicted octanol–water partition coefficient (Wildman–Crippen LogP) is 4.67. The van der Waals surface area contributed by atoms with E-state index >= 15 is 0 Å². The third-order valence-electron chi connectivity index (χ3n) is 6.19. The van der Waals surface area contributed by atoms with Crippen molar-refractivity contribution in [2.75, 3.05) is 39.6 Å². The first kappa shape index (κ1) is 26.3. The van der Waals surface area contributed by atoms with Gasteiger partial charge in [0.25, 0.3) is 0 Å². The molecule has 3 aromatic rings. The normalized spacial score (nSPS) is 14.5. The Bertz CT molecular complexity index is 1150. The molecule has 192 valence electrons. The van der Waals surface area contributed by atoms with Gasteiger partial charge in [0.15, 0.2) is 11.5 Å². The Labute approximate surface area is 220 Å². The highest BCUT2D eigenvalue weighted by molar-refractivity contribution is 7.98. The van der Waals surface area contributed by atoms with Crippen LogP contribution in [0.4, 0.5) is 0 Å². The van der Waals surface area contributed by atoms with E-state index in [0.717, 1.165) is 53.6 Å². The molecule has 0 aliphatic carbocycles. The second kappa shape index (κ2) is 13.0. The SMILES string of the molecule is COc1ccc(-c2noc(CN3CCC(C(=O)NCCSCc4ccccc4Cl)CC3)n2)cc1OC. The number of nitrogens with zero attached hydrogens (tertiary/aromatic N) is 3. The van der Waals surface area contributed by atoms with E-state index in [-0.39, 0.29) is 11.8 Å². The Balaban J connectivity index is 1.17. The molecule has 1 N–H and O–H groups in total. The minimum atomic E-state index is 0.0415. The first-order valence-electron chi connectivity index (χ1n) is 11.9. The molecule has 4 rings (SSSR count). The van der Waals surface area contributed by atoms with Gasteiger partial charge in [-0.25, -0.2) is 0 Å². The smallest absolute Gasteiger partial charge is 0.241 e. The second-order valence-electron chi connectivity index (χ2n) is 8.57. The number of hydrogen-bond donors (Lipinski definition) is 1. The van der Waals surface area contributed by atoms with Gasteiger partial charge in [0.05, 0.1) is 20.8 Å². The highest BCUT2D eigenvalue weighted by Crippen LogP contribution is 2.31. The predicted molar refractivity (Wildman–Crippen MR) is 141 cm³/mol. The maximum atomic E-state index is 12.6. The Morgan fingerprint density at radius 1 is 1.17 bits per heavy atom. The first-order valence-corrected chi connectivity index (χ1v) is 13.5. The number of aromatic nitrogens is 2. The van der Waals surface area contributed by atoms with Gasteiger partial charge in [-0.15, -0.1) is 0 Å². The molecule has 1 aliphatic rings. The van der Waals surface area contributed by atoms with Crippen LogP contribution in [0.5, 0.6) is 11.5 Å². The van der Waals surface area contributed by atoms with Crippen LogP contribution in [0.1, 0.15) is 24.3 Å². The number of methoxy groups -OCH3 is 2. The van der Waals surface area contributed by atoms with Crippen LogP contribution < -0.4 is 14.8 Å². The summed E-state index contributed by atoms with van der Waals surface area (Å²) in [6.07, 6.45) is 1.63. The lowest BCUT2D eigenvalue weighted by atomic mass is 9.96. The Kier molecular flexibility index (Phi) is 9.49. The number of nitrogens with one attached hydrogen (secondary N) is 1. The van der Waals surface area contributed by atoms with Gasteiger partial charge in [-0.2, -0.15) is 16.7 Å². The van der Waals surface area contributed by atoms with Crippen molar-refractivity contribution in [1.29, 1.82) is 0 Å². The molecule has 1 amide bonds. The van der Waals surface area contributed by atoms with E-state index in [4.69, 9.17) is 25.6 Å². The molecule has 0 atom stereocenters. The van der Waals surface area contributed by atoms with Crippen LogP contribution in [0.25, 0.3) is 11.4 Å². The van der Waals surface area contributed by atoms with Gasteiger partial charge in [0, 0.05) is 34.6 Å². The van der Waals surface area contributed by atoms with Crippen molar-refractivity contribution in [3.05, 3.63) is 58.9 Å². The molecular formula is C26H31ClN4O4S. The molecule has 1 saturated heterocycles.